The fraction of sp³-hybridized carbons (Fsp3) is 0.296. The lowest BCUT2D eigenvalue weighted by Gasteiger charge is -2.25. The molecule has 0 spiro atoms. The standard InChI is InChI=1S/C27H29N5O2/c1-31-17-23-5-3-20(13-25(23)18-31)27(33)30-26-14-24-12-19(2-4-22(24)16-29-26)21(15-28)6-7-32-8-10-34-11-9-32/h2-6,12-16,28H,7-11,17-18H2,1H3,(H,29,30,33)/b21-6-,28-15?. The summed E-state index contributed by atoms with van der Waals surface area (Å²) in [6.07, 6.45) is 5.26. The van der Waals surface area contributed by atoms with E-state index < -0.39 is 0 Å². The lowest BCUT2D eigenvalue weighted by molar-refractivity contribution is 0.0435. The largest absolute Gasteiger partial charge is 0.379 e. The molecule has 5 rings (SSSR count). The Hall–Kier alpha value is -3.39. The summed E-state index contributed by atoms with van der Waals surface area (Å²) in [4.78, 5) is 21.9. The van der Waals surface area contributed by atoms with E-state index in [9.17, 15) is 4.79 Å². The molecule has 174 valence electrons. The lowest BCUT2D eigenvalue weighted by Crippen LogP contribution is -2.36. The van der Waals surface area contributed by atoms with Crippen molar-refractivity contribution in [2.75, 3.05) is 45.2 Å². The highest BCUT2D eigenvalue weighted by Crippen LogP contribution is 2.24. The number of fused-ring (bicyclic) bond motifs is 2. The van der Waals surface area contributed by atoms with Gasteiger partial charge in [-0.3, -0.25) is 14.6 Å². The van der Waals surface area contributed by atoms with Crippen LogP contribution in [0.15, 0.2) is 54.7 Å². The average Bonchev–Trinajstić information content (AvgIpc) is 3.24. The summed E-state index contributed by atoms with van der Waals surface area (Å²) in [7, 11) is 2.08. The van der Waals surface area contributed by atoms with Crippen molar-refractivity contribution >= 4 is 34.3 Å². The third-order valence-electron chi connectivity index (χ3n) is 6.47. The second-order valence-corrected chi connectivity index (χ2v) is 8.96. The van der Waals surface area contributed by atoms with Crippen LogP contribution in [-0.4, -0.2) is 66.8 Å². The Bertz CT molecular complexity index is 1260. The number of hydrogen-bond donors (Lipinski definition) is 2. The number of allylic oxidation sites excluding steroid dienone is 1. The molecule has 2 aliphatic rings. The summed E-state index contributed by atoms with van der Waals surface area (Å²) in [5, 5.41) is 12.8. The van der Waals surface area contributed by atoms with E-state index in [2.05, 4.69) is 33.2 Å². The second kappa shape index (κ2) is 9.85. The number of carbonyl (C=O) groups excluding carboxylic acids is 1. The minimum atomic E-state index is -0.161. The van der Waals surface area contributed by atoms with Gasteiger partial charge in [0.15, 0.2) is 0 Å². The van der Waals surface area contributed by atoms with Gasteiger partial charge in [0.2, 0.25) is 0 Å². The van der Waals surface area contributed by atoms with Gasteiger partial charge in [0.25, 0.3) is 5.91 Å². The van der Waals surface area contributed by atoms with E-state index in [4.69, 9.17) is 10.1 Å². The Morgan fingerprint density at radius 1 is 1.06 bits per heavy atom. The average molecular weight is 456 g/mol. The van der Waals surface area contributed by atoms with Crippen LogP contribution in [0.5, 0.6) is 0 Å². The Kier molecular flexibility index (Phi) is 6.49. The van der Waals surface area contributed by atoms with Gasteiger partial charge in [0.1, 0.15) is 5.82 Å². The third-order valence-corrected chi connectivity index (χ3v) is 6.47. The summed E-state index contributed by atoms with van der Waals surface area (Å²) in [5.41, 5.74) is 4.97. The Labute approximate surface area is 199 Å². The molecule has 3 aromatic rings. The predicted molar refractivity (Wildman–Crippen MR) is 135 cm³/mol. The Morgan fingerprint density at radius 3 is 2.68 bits per heavy atom. The summed E-state index contributed by atoms with van der Waals surface area (Å²) < 4.78 is 5.41. The zero-order valence-corrected chi connectivity index (χ0v) is 19.4. The van der Waals surface area contributed by atoms with Crippen molar-refractivity contribution in [3.05, 3.63) is 77.0 Å². The third kappa shape index (κ3) is 4.92. The number of nitrogens with zero attached hydrogens (tertiary/aromatic N) is 3. The molecule has 0 atom stereocenters. The molecule has 0 saturated carbocycles. The zero-order valence-electron chi connectivity index (χ0n) is 19.4. The van der Waals surface area contributed by atoms with E-state index in [-0.39, 0.29) is 5.91 Å². The number of nitrogens with one attached hydrogen (secondary N) is 2. The minimum Gasteiger partial charge on any atom is -0.379 e. The van der Waals surface area contributed by atoms with E-state index >= 15 is 0 Å². The van der Waals surface area contributed by atoms with Crippen molar-refractivity contribution in [2.45, 2.75) is 13.1 Å². The molecule has 0 radical (unpaired) electrons. The number of aromatic nitrogens is 1. The second-order valence-electron chi connectivity index (χ2n) is 8.96. The van der Waals surface area contributed by atoms with Gasteiger partial charge >= 0.3 is 0 Å². The zero-order chi connectivity index (χ0) is 23.5. The van der Waals surface area contributed by atoms with Crippen molar-refractivity contribution in [3.63, 3.8) is 0 Å². The number of hydrogen-bond acceptors (Lipinski definition) is 6. The van der Waals surface area contributed by atoms with Crippen LogP contribution < -0.4 is 5.32 Å². The first-order chi connectivity index (χ1) is 16.6. The number of ether oxygens (including phenoxy) is 1. The normalized spacial score (nSPS) is 17.0. The van der Waals surface area contributed by atoms with Crippen molar-refractivity contribution in [2.24, 2.45) is 0 Å². The van der Waals surface area contributed by atoms with E-state index in [1.165, 1.54) is 17.3 Å². The summed E-state index contributed by atoms with van der Waals surface area (Å²) in [6, 6.07) is 13.9. The van der Waals surface area contributed by atoms with Gasteiger partial charge in [0.05, 0.1) is 13.2 Å². The van der Waals surface area contributed by atoms with Crippen LogP contribution in [0.4, 0.5) is 5.82 Å². The van der Waals surface area contributed by atoms with Gasteiger partial charge < -0.3 is 15.5 Å². The monoisotopic (exact) mass is 455 g/mol. The van der Waals surface area contributed by atoms with Gasteiger partial charge in [-0.2, -0.15) is 0 Å². The van der Waals surface area contributed by atoms with Crippen molar-refractivity contribution in [3.8, 4) is 0 Å². The lowest BCUT2D eigenvalue weighted by atomic mass is 10.0. The van der Waals surface area contributed by atoms with Crippen molar-refractivity contribution < 1.29 is 9.53 Å². The number of amides is 1. The molecule has 0 bridgehead atoms. The molecule has 1 saturated heterocycles. The number of morpholine rings is 1. The van der Waals surface area contributed by atoms with Crippen LogP contribution in [0, 0.1) is 5.41 Å². The fourth-order valence-electron chi connectivity index (χ4n) is 4.55. The molecular weight excluding hydrogens is 426 g/mol. The van der Waals surface area contributed by atoms with Gasteiger partial charge in [-0.25, -0.2) is 4.98 Å². The number of carbonyl (C=O) groups is 1. The van der Waals surface area contributed by atoms with Crippen LogP contribution in [0.25, 0.3) is 16.3 Å². The van der Waals surface area contributed by atoms with Crippen LogP contribution in [0.2, 0.25) is 0 Å². The molecule has 1 aromatic heterocycles. The van der Waals surface area contributed by atoms with E-state index in [1.54, 1.807) is 6.20 Å². The SMILES string of the molecule is CN1Cc2ccc(C(=O)Nc3cc4cc(/C(C=N)=C\CN5CCOCC5)ccc4cn3)cc2C1. The molecule has 0 aliphatic carbocycles. The van der Waals surface area contributed by atoms with Crippen LogP contribution in [-0.2, 0) is 17.8 Å². The van der Waals surface area contributed by atoms with E-state index in [0.717, 1.165) is 67.8 Å². The fourth-order valence-corrected chi connectivity index (χ4v) is 4.55. The molecule has 1 fully saturated rings. The predicted octanol–water partition coefficient (Wildman–Crippen LogP) is 3.80. The highest BCUT2D eigenvalue weighted by atomic mass is 16.5. The van der Waals surface area contributed by atoms with Gasteiger partial charge in [0, 0.05) is 56.1 Å². The summed E-state index contributed by atoms with van der Waals surface area (Å²) in [5.74, 6) is 0.354. The molecule has 1 amide bonds. The number of rotatable bonds is 6. The van der Waals surface area contributed by atoms with Crippen LogP contribution >= 0.6 is 0 Å². The van der Waals surface area contributed by atoms with Crippen molar-refractivity contribution in [1.82, 2.24) is 14.8 Å². The quantitative estimate of drug-likeness (QED) is 0.553. The van der Waals surface area contributed by atoms with Crippen LogP contribution in [0.1, 0.15) is 27.0 Å². The molecule has 0 unspecified atom stereocenters. The maximum Gasteiger partial charge on any atom is 0.256 e. The van der Waals surface area contributed by atoms with Gasteiger partial charge in [-0.05, 0) is 59.0 Å². The number of pyridine rings is 1. The summed E-state index contributed by atoms with van der Waals surface area (Å²) in [6.45, 7) is 5.92. The van der Waals surface area contributed by atoms with Crippen molar-refractivity contribution in [1.29, 1.82) is 5.41 Å². The first-order valence-corrected chi connectivity index (χ1v) is 11.6. The molecular formula is C27H29N5O2. The molecule has 2 aromatic carbocycles. The maximum absolute atomic E-state index is 12.9. The minimum absolute atomic E-state index is 0.161. The van der Waals surface area contributed by atoms with E-state index in [0.29, 0.717) is 11.4 Å². The van der Waals surface area contributed by atoms with Crippen LogP contribution in [0.3, 0.4) is 0 Å². The smallest absolute Gasteiger partial charge is 0.256 e. The first kappa shape index (κ1) is 22.4. The topological polar surface area (TPSA) is 81.6 Å². The molecule has 34 heavy (non-hydrogen) atoms. The molecule has 7 nitrogen and oxygen atoms in total. The number of benzene rings is 2. The highest BCUT2D eigenvalue weighted by molar-refractivity contribution is 6.09. The summed E-state index contributed by atoms with van der Waals surface area (Å²) >= 11 is 0. The molecule has 3 heterocycles. The Morgan fingerprint density at radius 2 is 1.85 bits per heavy atom. The highest BCUT2D eigenvalue weighted by Gasteiger charge is 2.18. The molecule has 7 heteroatoms. The Balaban J connectivity index is 1.34. The number of anilines is 1. The van der Waals surface area contributed by atoms with E-state index in [1.807, 2.05) is 42.5 Å². The first-order valence-electron chi connectivity index (χ1n) is 11.6. The maximum atomic E-state index is 12.9. The van der Waals surface area contributed by atoms with Gasteiger partial charge in [-0.15, -0.1) is 0 Å². The molecule has 2 N–H and O–H groups in total. The molecule has 2 aliphatic heterocycles. The van der Waals surface area contributed by atoms with Gasteiger partial charge in [-0.1, -0.05) is 24.3 Å².